The third-order valence-corrected chi connectivity index (χ3v) is 9.21. The number of carbonyl (C=O) groups is 5. The summed E-state index contributed by atoms with van der Waals surface area (Å²) in [5.74, 6) is -0.428. The van der Waals surface area contributed by atoms with Gasteiger partial charge in [-0.25, -0.2) is 0 Å². The van der Waals surface area contributed by atoms with Crippen LogP contribution >= 0.6 is 0 Å². The van der Waals surface area contributed by atoms with Crippen molar-refractivity contribution >= 4 is 29.5 Å². The monoisotopic (exact) mass is 793 g/mol. The number of amides is 5. The van der Waals surface area contributed by atoms with Gasteiger partial charge in [0.25, 0.3) is 0 Å². The first kappa shape index (κ1) is 52.6. The van der Waals surface area contributed by atoms with Crippen LogP contribution in [0, 0.1) is 0 Å². The fourth-order valence-electron chi connectivity index (χ4n) is 5.82. The zero-order chi connectivity index (χ0) is 41.7. The molecular weight excluding hydrogens is 713 g/mol. The number of nitrogens with two attached hydrogens (primary N) is 4. The van der Waals surface area contributed by atoms with Crippen LogP contribution in [0.15, 0.2) is 24.3 Å². The molecule has 15 nitrogen and oxygen atoms in total. The summed E-state index contributed by atoms with van der Waals surface area (Å²) in [7, 11) is 0. The lowest BCUT2D eigenvalue weighted by Crippen LogP contribution is -2.45. The average molecular weight is 793 g/mol. The first-order valence-corrected chi connectivity index (χ1v) is 21.4. The van der Waals surface area contributed by atoms with E-state index < -0.39 is 12.1 Å². The second-order valence-corrected chi connectivity index (χ2v) is 14.3. The molecule has 0 aromatic heterocycles. The number of carbonyl (C=O) groups excluding carboxylic acids is 5. The van der Waals surface area contributed by atoms with Crippen molar-refractivity contribution in [3.8, 4) is 0 Å². The van der Waals surface area contributed by atoms with Gasteiger partial charge in [0.2, 0.25) is 29.5 Å². The minimum Gasteiger partial charge on any atom is -0.356 e. The summed E-state index contributed by atoms with van der Waals surface area (Å²) in [6.07, 6.45) is 20.0. The SMILES string of the molecule is CC/C=C\CCC(=O)NCCCCN(CCCNC(=O)CC/C=C\CC)C(=O)CN(CCCNC(=O)[C@H](N)CCCCN)CCCNC(=O)[C@H](N)CCCCN. The van der Waals surface area contributed by atoms with E-state index in [1.807, 2.05) is 23.1 Å². The van der Waals surface area contributed by atoms with Crippen molar-refractivity contribution in [2.75, 3.05) is 72.0 Å². The lowest BCUT2D eigenvalue weighted by atomic mass is 10.1. The summed E-state index contributed by atoms with van der Waals surface area (Å²) in [6, 6.07) is -1.17. The maximum absolute atomic E-state index is 13.9. The molecule has 0 aromatic rings. The van der Waals surface area contributed by atoms with Crippen molar-refractivity contribution in [2.24, 2.45) is 22.9 Å². The standard InChI is InChI=1S/C41H80N10O5/c1-3-5-7-9-22-37(52)46-26-15-16-32-51(33-19-27-47-38(53)23-10-8-6-4-2)39(54)34-50(30-17-28-48-40(55)35(44)20-11-13-24-42)31-18-29-49-41(56)36(45)21-12-14-25-43/h5-8,35-36H,3-4,9-34,42-45H2,1-2H3,(H,46,52)(H,47,53)(H,48,55)(H,49,56)/b7-5-,8-6-/t35-,36-/m1/s1. The van der Waals surface area contributed by atoms with E-state index in [2.05, 4.69) is 46.1 Å². The molecule has 0 saturated heterocycles. The van der Waals surface area contributed by atoms with Gasteiger partial charge in [0.1, 0.15) is 0 Å². The Morgan fingerprint density at radius 3 is 1.43 bits per heavy atom. The lowest BCUT2D eigenvalue weighted by Gasteiger charge is -2.28. The molecular formula is C41H80N10O5. The van der Waals surface area contributed by atoms with E-state index in [1.165, 1.54) is 0 Å². The Labute approximate surface area is 338 Å². The van der Waals surface area contributed by atoms with Gasteiger partial charge in [-0.2, -0.15) is 0 Å². The number of rotatable bonds is 37. The second kappa shape index (κ2) is 37.2. The Morgan fingerprint density at radius 1 is 0.536 bits per heavy atom. The molecule has 2 atom stereocenters. The number of hydrogen-bond acceptors (Lipinski definition) is 10. The number of unbranched alkanes of at least 4 members (excludes halogenated alkanes) is 3. The summed E-state index contributed by atoms with van der Waals surface area (Å²) in [5.41, 5.74) is 23.2. The predicted octanol–water partition coefficient (Wildman–Crippen LogP) is 1.94. The van der Waals surface area contributed by atoms with Crippen LogP contribution in [-0.2, 0) is 24.0 Å². The molecule has 0 fully saturated rings. The molecule has 0 radical (unpaired) electrons. The Bertz CT molecular complexity index is 1070. The molecule has 56 heavy (non-hydrogen) atoms. The number of nitrogens with zero attached hydrogens (tertiary/aromatic N) is 2. The molecule has 0 heterocycles. The van der Waals surface area contributed by atoms with E-state index in [-0.39, 0.29) is 36.1 Å². The van der Waals surface area contributed by atoms with Gasteiger partial charge in [-0.1, -0.05) is 51.0 Å². The molecule has 324 valence electrons. The van der Waals surface area contributed by atoms with E-state index >= 15 is 0 Å². The lowest BCUT2D eigenvalue weighted by molar-refractivity contribution is -0.133. The maximum Gasteiger partial charge on any atom is 0.236 e. The van der Waals surface area contributed by atoms with Gasteiger partial charge in [-0.3, -0.25) is 28.9 Å². The molecule has 0 rings (SSSR count). The molecule has 0 saturated carbocycles. The molecule has 0 bridgehead atoms. The van der Waals surface area contributed by atoms with Crippen LogP contribution in [0.5, 0.6) is 0 Å². The zero-order valence-corrected chi connectivity index (χ0v) is 35.0. The van der Waals surface area contributed by atoms with Gasteiger partial charge in [-0.15, -0.1) is 0 Å². The fraction of sp³-hybridized carbons (Fsp3) is 0.780. The van der Waals surface area contributed by atoms with Crippen LogP contribution in [0.3, 0.4) is 0 Å². The Kier molecular flexibility index (Phi) is 35.0. The normalized spacial score (nSPS) is 12.6. The highest BCUT2D eigenvalue weighted by atomic mass is 16.2. The molecule has 0 aromatic carbocycles. The van der Waals surface area contributed by atoms with Gasteiger partial charge >= 0.3 is 0 Å². The van der Waals surface area contributed by atoms with Crippen LogP contribution in [0.1, 0.15) is 123 Å². The third kappa shape index (κ3) is 30.8. The van der Waals surface area contributed by atoms with E-state index in [0.29, 0.717) is 130 Å². The fourth-order valence-corrected chi connectivity index (χ4v) is 5.82. The summed E-state index contributed by atoms with van der Waals surface area (Å²) in [5, 5.41) is 11.8. The highest BCUT2D eigenvalue weighted by Crippen LogP contribution is 2.05. The average Bonchev–Trinajstić information content (AvgIpc) is 3.18. The molecule has 0 aliphatic carbocycles. The van der Waals surface area contributed by atoms with Gasteiger partial charge < -0.3 is 49.1 Å². The van der Waals surface area contributed by atoms with Crippen LogP contribution in [0.25, 0.3) is 0 Å². The molecule has 0 unspecified atom stereocenters. The summed E-state index contributed by atoms with van der Waals surface area (Å²) >= 11 is 0. The zero-order valence-electron chi connectivity index (χ0n) is 35.0. The molecule has 15 heteroatoms. The van der Waals surface area contributed by atoms with Gasteiger partial charge in [-0.05, 0) is 96.6 Å². The van der Waals surface area contributed by atoms with E-state index in [4.69, 9.17) is 22.9 Å². The van der Waals surface area contributed by atoms with Gasteiger partial charge in [0.05, 0.1) is 18.6 Å². The Morgan fingerprint density at radius 2 is 0.964 bits per heavy atom. The minimum absolute atomic E-state index is 0.0112. The smallest absolute Gasteiger partial charge is 0.236 e. The van der Waals surface area contributed by atoms with Crippen LogP contribution in [0.4, 0.5) is 0 Å². The number of hydrogen-bond donors (Lipinski definition) is 8. The topological polar surface area (TPSA) is 244 Å². The van der Waals surface area contributed by atoms with Gasteiger partial charge in [0.15, 0.2) is 0 Å². The van der Waals surface area contributed by atoms with Crippen LogP contribution in [0.2, 0.25) is 0 Å². The molecule has 0 spiro atoms. The highest BCUT2D eigenvalue weighted by Gasteiger charge is 2.19. The third-order valence-electron chi connectivity index (χ3n) is 9.21. The van der Waals surface area contributed by atoms with Crippen molar-refractivity contribution in [3.63, 3.8) is 0 Å². The maximum atomic E-state index is 13.9. The quantitative estimate of drug-likeness (QED) is 0.0336. The first-order chi connectivity index (χ1) is 27.1. The summed E-state index contributed by atoms with van der Waals surface area (Å²) < 4.78 is 0. The van der Waals surface area contributed by atoms with E-state index in [0.717, 1.165) is 44.9 Å². The van der Waals surface area contributed by atoms with Crippen LogP contribution < -0.4 is 44.2 Å². The Balaban J connectivity index is 5.41. The second-order valence-electron chi connectivity index (χ2n) is 14.3. The molecule has 5 amide bonds. The molecule has 0 aliphatic heterocycles. The summed E-state index contributed by atoms with van der Waals surface area (Å²) in [4.78, 5) is 67.3. The Hall–Kier alpha value is -3.37. The van der Waals surface area contributed by atoms with E-state index in [1.54, 1.807) is 0 Å². The summed E-state index contributed by atoms with van der Waals surface area (Å²) in [6.45, 7) is 9.36. The highest BCUT2D eigenvalue weighted by molar-refractivity contribution is 5.82. The molecule has 0 aliphatic rings. The van der Waals surface area contributed by atoms with Gasteiger partial charge in [0, 0.05) is 65.2 Å². The predicted molar refractivity (Wildman–Crippen MR) is 227 cm³/mol. The first-order valence-electron chi connectivity index (χ1n) is 21.4. The molecule has 12 N–H and O–H groups in total. The number of nitrogens with one attached hydrogen (secondary N) is 4. The van der Waals surface area contributed by atoms with Crippen molar-refractivity contribution in [2.45, 2.75) is 135 Å². The van der Waals surface area contributed by atoms with Crippen LogP contribution in [-0.4, -0.2) is 123 Å². The van der Waals surface area contributed by atoms with Crippen molar-refractivity contribution < 1.29 is 24.0 Å². The largest absolute Gasteiger partial charge is 0.356 e. The van der Waals surface area contributed by atoms with Crippen molar-refractivity contribution in [1.29, 1.82) is 0 Å². The van der Waals surface area contributed by atoms with Crippen molar-refractivity contribution in [1.82, 2.24) is 31.1 Å². The number of allylic oxidation sites excluding steroid dienone is 4. The van der Waals surface area contributed by atoms with Crippen molar-refractivity contribution in [3.05, 3.63) is 24.3 Å². The minimum atomic E-state index is -0.586. The van der Waals surface area contributed by atoms with E-state index in [9.17, 15) is 24.0 Å².